The van der Waals surface area contributed by atoms with Crippen LogP contribution in [0.5, 0.6) is 0 Å². The second-order valence-electron chi connectivity index (χ2n) is 9.15. The molecule has 0 aromatic heterocycles. The van der Waals surface area contributed by atoms with Crippen LogP contribution < -0.4 is 9.62 Å². The maximum Gasteiger partial charge on any atom is 0.264 e. The van der Waals surface area contributed by atoms with Crippen LogP contribution in [0.25, 0.3) is 0 Å². The molecule has 39 heavy (non-hydrogen) atoms. The Labute approximate surface area is 240 Å². The minimum Gasteiger partial charge on any atom is -0.354 e. The van der Waals surface area contributed by atoms with E-state index in [-0.39, 0.29) is 17.3 Å². The van der Waals surface area contributed by atoms with Gasteiger partial charge in [0, 0.05) is 13.1 Å². The number of rotatable bonds is 12. The van der Waals surface area contributed by atoms with Crippen molar-refractivity contribution in [1.82, 2.24) is 10.2 Å². The van der Waals surface area contributed by atoms with Gasteiger partial charge >= 0.3 is 0 Å². The number of halogens is 2. The van der Waals surface area contributed by atoms with Crippen LogP contribution in [0.4, 0.5) is 5.69 Å². The summed E-state index contributed by atoms with van der Waals surface area (Å²) in [6, 6.07) is 19.0. The molecule has 7 nitrogen and oxygen atoms in total. The van der Waals surface area contributed by atoms with E-state index >= 15 is 0 Å². The van der Waals surface area contributed by atoms with Gasteiger partial charge in [0.2, 0.25) is 11.8 Å². The van der Waals surface area contributed by atoms with Gasteiger partial charge in [0.15, 0.2) is 0 Å². The van der Waals surface area contributed by atoms with Crippen LogP contribution in [0.1, 0.15) is 37.8 Å². The molecule has 10 heteroatoms. The molecule has 3 rings (SSSR count). The summed E-state index contributed by atoms with van der Waals surface area (Å²) in [5.41, 5.74) is 1.95. The lowest BCUT2D eigenvalue weighted by molar-refractivity contribution is -0.140. The summed E-state index contributed by atoms with van der Waals surface area (Å²) in [6.45, 7) is 5.64. The average Bonchev–Trinajstić information content (AvgIpc) is 2.93. The van der Waals surface area contributed by atoms with E-state index < -0.39 is 28.5 Å². The van der Waals surface area contributed by atoms with Crippen LogP contribution in [0.3, 0.4) is 0 Å². The average molecular weight is 591 g/mol. The van der Waals surface area contributed by atoms with E-state index in [9.17, 15) is 18.0 Å². The topological polar surface area (TPSA) is 86.8 Å². The second-order valence-corrected chi connectivity index (χ2v) is 11.8. The molecule has 0 unspecified atom stereocenters. The molecule has 3 aromatic rings. The van der Waals surface area contributed by atoms with Gasteiger partial charge in [-0.3, -0.25) is 13.9 Å². The number of nitrogens with one attached hydrogen (secondary N) is 1. The van der Waals surface area contributed by atoms with Crippen molar-refractivity contribution in [3.05, 3.63) is 94.0 Å². The van der Waals surface area contributed by atoms with Crippen molar-refractivity contribution in [2.24, 2.45) is 0 Å². The minimum absolute atomic E-state index is 0.0426. The summed E-state index contributed by atoms with van der Waals surface area (Å²) >= 11 is 12.3. The van der Waals surface area contributed by atoms with Crippen LogP contribution in [-0.2, 0) is 26.2 Å². The number of hydrogen-bond acceptors (Lipinski definition) is 4. The van der Waals surface area contributed by atoms with Gasteiger partial charge in [0.25, 0.3) is 10.0 Å². The van der Waals surface area contributed by atoms with Gasteiger partial charge in [-0.2, -0.15) is 0 Å². The van der Waals surface area contributed by atoms with Crippen molar-refractivity contribution in [3.8, 4) is 0 Å². The quantitative estimate of drug-likeness (QED) is 0.288. The molecule has 1 N–H and O–H groups in total. The molecule has 208 valence electrons. The Hall–Kier alpha value is -3.07. The number of carbonyl (C=O) groups excluding carboxylic acids is 2. The van der Waals surface area contributed by atoms with Crippen molar-refractivity contribution in [1.29, 1.82) is 0 Å². The second kappa shape index (κ2) is 13.8. The van der Waals surface area contributed by atoms with E-state index in [2.05, 4.69) is 5.32 Å². The largest absolute Gasteiger partial charge is 0.354 e. The van der Waals surface area contributed by atoms with Crippen LogP contribution in [0.15, 0.2) is 77.7 Å². The van der Waals surface area contributed by atoms with Crippen molar-refractivity contribution in [3.63, 3.8) is 0 Å². The summed E-state index contributed by atoms with van der Waals surface area (Å²) in [5.74, 6) is -0.833. The van der Waals surface area contributed by atoms with Crippen molar-refractivity contribution < 1.29 is 18.0 Å². The van der Waals surface area contributed by atoms with Crippen molar-refractivity contribution in [2.45, 2.75) is 51.1 Å². The van der Waals surface area contributed by atoms with E-state index in [0.717, 1.165) is 16.3 Å². The predicted octanol–water partition coefficient (Wildman–Crippen LogP) is 5.83. The van der Waals surface area contributed by atoms with E-state index in [1.165, 1.54) is 17.0 Å². The van der Waals surface area contributed by atoms with Crippen LogP contribution in [0.2, 0.25) is 10.0 Å². The molecule has 0 aliphatic rings. The first-order chi connectivity index (χ1) is 18.6. The van der Waals surface area contributed by atoms with Gasteiger partial charge in [-0.25, -0.2) is 8.42 Å². The van der Waals surface area contributed by atoms with Gasteiger partial charge in [-0.1, -0.05) is 79.0 Å². The molecule has 2 amide bonds. The number of benzene rings is 3. The number of hydrogen-bond donors (Lipinski definition) is 1. The normalized spacial score (nSPS) is 12.0. The van der Waals surface area contributed by atoms with Gasteiger partial charge < -0.3 is 10.2 Å². The summed E-state index contributed by atoms with van der Waals surface area (Å²) in [7, 11) is -4.10. The summed E-state index contributed by atoms with van der Waals surface area (Å²) in [6.07, 6.45) is 1.07. The zero-order chi connectivity index (χ0) is 28.6. The molecule has 0 spiro atoms. The lowest BCUT2D eigenvalue weighted by Crippen LogP contribution is -2.52. The fraction of sp³-hybridized carbons (Fsp3) is 0.310. The Morgan fingerprint density at radius 3 is 2.18 bits per heavy atom. The lowest BCUT2D eigenvalue weighted by atomic mass is 10.1. The standard InChI is InChI=1S/C29H33Cl2N3O4S/c1-4-17-32-29(36)27(5-2)33(19-22-13-16-25(30)26(31)18-22)28(35)20-34(23-14-11-21(3)12-15-23)39(37,38)24-9-7-6-8-10-24/h6-16,18,27H,4-5,17,19-20H2,1-3H3,(H,32,36)/t27-/m0/s1. The van der Waals surface area contributed by atoms with Gasteiger partial charge in [0.05, 0.1) is 20.6 Å². The maximum atomic E-state index is 14.0. The highest BCUT2D eigenvalue weighted by Gasteiger charge is 2.33. The Morgan fingerprint density at radius 2 is 1.59 bits per heavy atom. The third-order valence-electron chi connectivity index (χ3n) is 6.20. The maximum absolute atomic E-state index is 14.0. The van der Waals surface area contributed by atoms with Gasteiger partial charge in [-0.05, 0) is 61.7 Å². The number of anilines is 1. The van der Waals surface area contributed by atoms with Gasteiger partial charge in [-0.15, -0.1) is 0 Å². The molecule has 0 bridgehead atoms. The van der Waals surface area contributed by atoms with Crippen molar-refractivity contribution in [2.75, 3.05) is 17.4 Å². The van der Waals surface area contributed by atoms with E-state index in [1.807, 2.05) is 20.8 Å². The monoisotopic (exact) mass is 589 g/mol. The van der Waals surface area contributed by atoms with Gasteiger partial charge in [0.1, 0.15) is 12.6 Å². The number of amides is 2. The summed E-state index contributed by atoms with van der Waals surface area (Å²) in [4.78, 5) is 28.6. The molecule has 0 heterocycles. The molecule has 0 saturated heterocycles. The number of nitrogens with zero attached hydrogens (tertiary/aromatic N) is 2. The highest BCUT2D eigenvalue weighted by atomic mass is 35.5. The molecular formula is C29H33Cl2N3O4S. The SMILES string of the molecule is CCCNC(=O)[C@H](CC)N(Cc1ccc(Cl)c(Cl)c1)C(=O)CN(c1ccc(C)cc1)S(=O)(=O)c1ccccc1. The zero-order valence-corrected chi connectivity index (χ0v) is 24.6. The molecule has 0 aliphatic heterocycles. The third kappa shape index (κ3) is 7.75. The third-order valence-corrected chi connectivity index (χ3v) is 8.73. The first-order valence-electron chi connectivity index (χ1n) is 12.7. The van der Waals surface area contributed by atoms with E-state index in [0.29, 0.717) is 34.3 Å². The molecule has 0 saturated carbocycles. The van der Waals surface area contributed by atoms with Crippen molar-refractivity contribution >= 4 is 50.7 Å². The fourth-order valence-corrected chi connectivity index (χ4v) is 5.84. The molecule has 0 fully saturated rings. The van der Waals surface area contributed by atoms with Crippen LogP contribution >= 0.6 is 23.2 Å². The Morgan fingerprint density at radius 1 is 0.923 bits per heavy atom. The Balaban J connectivity index is 2.04. The predicted molar refractivity (Wildman–Crippen MR) is 157 cm³/mol. The molecule has 0 radical (unpaired) electrons. The number of sulfonamides is 1. The van der Waals surface area contributed by atoms with E-state index in [4.69, 9.17) is 23.2 Å². The lowest BCUT2D eigenvalue weighted by Gasteiger charge is -2.33. The minimum atomic E-state index is -4.10. The highest BCUT2D eigenvalue weighted by Crippen LogP contribution is 2.27. The van der Waals surface area contributed by atoms with Crippen LogP contribution in [0, 0.1) is 6.92 Å². The smallest absolute Gasteiger partial charge is 0.264 e. The number of aryl methyl sites for hydroxylation is 1. The first kappa shape index (κ1) is 30.5. The molecule has 0 aliphatic carbocycles. The number of carbonyl (C=O) groups is 2. The molecular weight excluding hydrogens is 557 g/mol. The molecule has 3 aromatic carbocycles. The zero-order valence-electron chi connectivity index (χ0n) is 22.2. The fourth-order valence-electron chi connectivity index (χ4n) is 4.08. The Bertz CT molecular complexity index is 1380. The van der Waals surface area contributed by atoms with Crippen LogP contribution in [-0.4, -0.2) is 44.3 Å². The molecule has 1 atom stereocenters. The van der Waals surface area contributed by atoms with E-state index in [1.54, 1.807) is 60.7 Å². The highest BCUT2D eigenvalue weighted by molar-refractivity contribution is 7.92. The first-order valence-corrected chi connectivity index (χ1v) is 14.9. The summed E-state index contributed by atoms with van der Waals surface area (Å²) in [5, 5.41) is 3.54. The Kier molecular flexibility index (Phi) is 10.8. The summed E-state index contributed by atoms with van der Waals surface area (Å²) < 4.78 is 28.6.